The highest BCUT2D eigenvalue weighted by Crippen LogP contribution is 2.22. The number of aryl methyl sites for hydroxylation is 1. The fraction of sp³-hybridized carbons (Fsp3) is 0.294. The third-order valence-corrected chi connectivity index (χ3v) is 4.95. The SMILES string of the molecule is CCc1cc2c(=O)n(CC(O)c3cccc(OC)c3)cnc2s1. The molecular weight excluding hydrogens is 312 g/mol. The molecule has 0 aliphatic carbocycles. The summed E-state index contributed by atoms with van der Waals surface area (Å²) in [6, 6.07) is 9.09. The molecule has 3 rings (SSSR count). The van der Waals surface area contributed by atoms with Crippen LogP contribution in [0.4, 0.5) is 0 Å². The number of rotatable bonds is 5. The smallest absolute Gasteiger partial charge is 0.262 e. The molecule has 2 aromatic heterocycles. The van der Waals surface area contributed by atoms with Gasteiger partial charge in [0, 0.05) is 4.88 Å². The van der Waals surface area contributed by atoms with Crippen LogP contribution in [0.2, 0.25) is 0 Å². The zero-order valence-corrected chi connectivity index (χ0v) is 13.8. The summed E-state index contributed by atoms with van der Waals surface area (Å²) in [7, 11) is 1.58. The van der Waals surface area contributed by atoms with Gasteiger partial charge in [-0.25, -0.2) is 4.98 Å². The molecule has 1 unspecified atom stereocenters. The zero-order valence-electron chi connectivity index (χ0n) is 13.0. The molecule has 0 radical (unpaired) electrons. The molecule has 0 aliphatic heterocycles. The van der Waals surface area contributed by atoms with Crippen molar-refractivity contribution in [2.24, 2.45) is 0 Å². The van der Waals surface area contributed by atoms with Crippen molar-refractivity contribution in [2.45, 2.75) is 26.0 Å². The number of nitrogens with zero attached hydrogens (tertiary/aromatic N) is 2. The lowest BCUT2D eigenvalue weighted by Crippen LogP contribution is -2.23. The second-order valence-electron chi connectivity index (χ2n) is 5.28. The van der Waals surface area contributed by atoms with Crippen molar-refractivity contribution in [3.8, 4) is 5.75 Å². The highest BCUT2D eigenvalue weighted by atomic mass is 32.1. The van der Waals surface area contributed by atoms with Crippen molar-refractivity contribution < 1.29 is 9.84 Å². The fourth-order valence-electron chi connectivity index (χ4n) is 2.45. The first-order valence-electron chi connectivity index (χ1n) is 7.42. The molecule has 0 spiro atoms. The summed E-state index contributed by atoms with van der Waals surface area (Å²) < 4.78 is 6.62. The largest absolute Gasteiger partial charge is 0.497 e. The molecule has 23 heavy (non-hydrogen) atoms. The van der Waals surface area contributed by atoms with Crippen LogP contribution in [-0.2, 0) is 13.0 Å². The minimum atomic E-state index is -0.800. The average Bonchev–Trinajstić information content (AvgIpc) is 3.01. The molecule has 0 amide bonds. The Hall–Kier alpha value is -2.18. The Balaban J connectivity index is 1.91. The second kappa shape index (κ2) is 6.52. The van der Waals surface area contributed by atoms with Gasteiger partial charge in [0.25, 0.3) is 5.56 Å². The first-order chi connectivity index (χ1) is 11.1. The highest BCUT2D eigenvalue weighted by molar-refractivity contribution is 7.18. The summed E-state index contributed by atoms with van der Waals surface area (Å²) in [5.74, 6) is 0.674. The molecule has 0 aliphatic rings. The summed E-state index contributed by atoms with van der Waals surface area (Å²) in [4.78, 5) is 18.8. The average molecular weight is 330 g/mol. The van der Waals surface area contributed by atoms with Crippen molar-refractivity contribution in [3.63, 3.8) is 0 Å². The van der Waals surface area contributed by atoms with E-state index < -0.39 is 6.10 Å². The number of ether oxygens (including phenoxy) is 1. The van der Waals surface area contributed by atoms with Crippen molar-refractivity contribution >= 4 is 21.6 Å². The summed E-state index contributed by atoms with van der Waals surface area (Å²) in [6.45, 7) is 2.21. The molecule has 0 fully saturated rings. The third kappa shape index (κ3) is 3.13. The van der Waals surface area contributed by atoms with Gasteiger partial charge in [0.05, 0.1) is 31.5 Å². The number of benzene rings is 1. The van der Waals surface area contributed by atoms with Crippen LogP contribution in [-0.4, -0.2) is 21.8 Å². The Morgan fingerprint density at radius 1 is 1.39 bits per heavy atom. The van der Waals surface area contributed by atoms with E-state index in [1.165, 1.54) is 22.2 Å². The van der Waals surface area contributed by atoms with Crippen molar-refractivity contribution in [1.82, 2.24) is 9.55 Å². The summed E-state index contributed by atoms with van der Waals surface area (Å²) >= 11 is 1.54. The molecule has 1 N–H and O–H groups in total. The van der Waals surface area contributed by atoms with E-state index in [-0.39, 0.29) is 12.1 Å². The molecule has 0 bridgehead atoms. The molecule has 2 heterocycles. The molecule has 3 aromatic rings. The van der Waals surface area contributed by atoms with E-state index in [1.807, 2.05) is 24.3 Å². The molecule has 6 heteroatoms. The van der Waals surface area contributed by atoms with Gasteiger partial charge in [-0.1, -0.05) is 19.1 Å². The van der Waals surface area contributed by atoms with Crippen LogP contribution in [0.3, 0.4) is 0 Å². The van der Waals surface area contributed by atoms with Crippen LogP contribution >= 0.6 is 11.3 Å². The number of aromatic nitrogens is 2. The zero-order chi connectivity index (χ0) is 16.4. The summed E-state index contributed by atoms with van der Waals surface area (Å²) in [6.07, 6.45) is 1.59. The molecule has 120 valence electrons. The van der Waals surface area contributed by atoms with E-state index in [2.05, 4.69) is 11.9 Å². The van der Waals surface area contributed by atoms with E-state index in [1.54, 1.807) is 13.2 Å². The topological polar surface area (TPSA) is 64.4 Å². The van der Waals surface area contributed by atoms with E-state index in [9.17, 15) is 9.90 Å². The lowest BCUT2D eigenvalue weighted by atomic mass is 10.1. The van der Waals surface area contributed by atoms with Gasteiger partial charge < -0.3 is 9.84 Å². The first-order valence-corrected chi connectivity index (χ1v) is 8.24. The Bertz CT molecular complexity index is 885. The highest BCUT2D eigenvalue weighted by Gasteiger charge is 2.13. The Morgan fingerprint density at radius 2 is 2.22 bits per heavy atom. The number of methoxy groups -OCH3 is 1. The van der Waals surface area contributed by atoms with Crippen molar-refractivity contribution in [1.29, 1.82) is 0 Å². The maximum atomic E-state index is 12.5. The predicted molar refractivity (Wildman–Crippen MR) is 91.2 cm³/mol. The Kier molecular flexibility index (Phi) is 4.45. The van der Waals surface area contributed by atoms with Gasteiger partial charge in [-0.2, -0.15) is 0 Å². The minimum absolute atomic E-state index is 0.118. The van der Waals surface area contributed by atoms with Gasteiger partial charge in [0.1, 0.15) is 10.6 Å². The number of hydrogen-bond donors (Lipinski definition) is 1. The predicted octanol–water partition coefficient (Wildman–Crippen LogP) is 2.76. The monoisotopic (exact) mass is 330 g/mol. The molecule has 0 saturated carbocycles. The van der Waals surface area contributed by atoms with Gasteiger partial charge in [-0.15, -0.1) is 11.3 Å². The Labute approximate surface area is 137 Å². The van der Waals surface area contributed by atoms with E-state index >= 15 is 0 Å². The molecule has 1 aromatic carbocycles. The van der Waals surface area contributed by atoms with Gasteiger partial charge in [0.2, 0.25) is 0 Å². The summed E-state index contributed by atoms with van der Waals surface area (Å²) in [5, 5.41) is 11.0. The van der Waals surface area contributed by atoms with Crippen LogP contribution in [0.15, 0.2) is 41.5 Å². The van der Waals surface area contributed by atoms with Gasteiger partial charge >= 0.3 is 0 Å². The molecule has 0 saturated heterocycles. The van der Waals surface area contributed by atoms with E-state index in [4.69, 9.17) is 4.74 Å². The third-order valence-electron chi connectivity index (χ3n) is 3.77. The van der Waals surface area contributed by atoms with Crippen LogP contribution < -0.4 is 10.3 Å². The lowest BCUT2D eigenvalue weighted by molar-refractivity contribution is 0.154. The van der Waals surface area contributed by atoms with Crippen LogP contribution in [0.5, 0.6) is 5.75 Å². The first kappa shape index (κ1) is 15.7. The van der Waals surface area contributed by atoms with Crippen LogP contribution in [0.1, 0.15) is 23.5 Å². The fourth-order valence-corrected chi connectivity index (χ4v) is 3.38. The molecule has 5 nitrogen and oxygen atoms in total. The summed E-state index contributed by atoms with van der Waals surface area (Å²) in [5.41, 5.74) is 0.587. The second-order valence-corrected chi connectivity index (χ2v) is 6.39. The number of aliphatic hydroxyl groups is 1. The van der Waals surface area contributed by atoms with Gasteiger partial charge in [-0.05, 0) is 30.2 Å². The number of aliphatic hydroxyl groups excluding tert-OH is 1. The standard InChI is InChI=1S/C17H18N2O3S/c1-3-13-8-14-16(23-13)18-10-19(17(14)21)9-15(20)11-5-4-6-12(7-11)22-2/h4-8,10,15,20H,3,9H2,1-2H3. The van der Waals surface area contributed by atoms with Crippen molar-refractivity contribution in [3.05, 3.63) is 57.5 Å². The van der Waals surface area contributed by atoms with E-state index in [0.717, 1.165) is 16.1 Å². The maximum Gasteiger partial charge on any atom is 0.262 e. The number of fused-ring (bicyclic) bond motifs is 1. The Morgan fingerprint density at radius 3 is 2.96 bits per heavy atom. The minimum Gasteiger partial charge on any atom is -0.497 e. The van der Waals surface area contributed by atoms with Crippen LogP contribution in [0, 0.1) is 0 Å². The molecular formula is C17H18N2O3S. The van der Waals surface area contributed by atoms with E-state index in [0.29, 0.717) is 16.7 Å². The van der Waals surface area contributed by atoms with Gasteiger partial charge in [-0.3, -0.25) is 9.36 Å². The lowest BCUT2D eigenvalue weighted by Gasteiger charge is -2.13. The maximum absolute atomic E-state index is 12.5. The number of thiophene rings is 1. The van der Waals surface area contributed by atoms with Gasteiger partial charge in [0.15, 0.2) is 0 Å². The van der Waals surface area contributed by atoms with Crippen molar-refractivity contribution in [2.75, 3.05) is 7.11 Å². The number of hydrogen-bond acceptors (Lipinski definition) is 5. The normalized spacial score (nSPS) is 12.5. The van der Waals surface area contributed by atoms with Crippen LogP contribution in [0.25, 0.3) is 10.2 Å². The molecule has 1 atom stereocenters. The quantitative estimate of drug-likeness (QED) is 0.781.